The lowest BCUT2D eigenvalue weighted by Crippen LogP contribution is -2.39. The Labute approximate surface area is 157 Å². The van der Waals surface area contributed by atoms with Crippen molar-refractivity contribution in [1.82, 2.24) is 0 Å². The summed E-state index contributed by atoms with van der Waals surface area (Å²) in [6.45, 7) is 3.19. The van der Waals surface area contributed by atoms with Crippen molar-refractivity contribution in [2.75, 3.05) is 11.5 Å². The smallest absolute Gasteiger partial charge is 0.347 e. The molecule has 0 aliphatic carbocycles. The number of esters is 1. The minimum atomic E-state index is -0.867. The highest BCUT2D eigenvalue weighted by atomic mass is 16.6. The number of anilines is 1. The van der Waals surface area contributed by atoms with Crippen molar-refractivity contribution in [2.45, 2.75) is 32.4 Å². The number of rotatable bonds is 5. The maximum absolute atomic E-state index is 12.6. The number of carbonyl (C=O) groups excluding carboxylic acids is 2. The number of amides is 1. The van der Waals surface area contributed by atoms with Crippen molar-refractivity contribution in [3.05, 3.63) is 59.7 Å². The van der Waals surface area contributed by atoms with Crippen molar-refractivity contribution >= 4 is 17.6 Å². The lowest BCUT2D eigenvalue weighted by molar-refractivity contribution is -0.154. The second-order valence-electron chi connectivity index (χ2n) is 6.45. The van der Waals surface area contributed by atoms with E-state index in [1.807, 2.05) is 37.3 Å². The summed E-state index contributed by atoms with van der Waals surface area (Å²) in [5, 5.41) is 8.79. The summed E-state index contributed by atoms with van der Waals surface area (Å²) in [5.74, 6) is -0.425. The van der Waals surface area contributed by atoms with Gasteiger partial charge < -0.3 is 14.4 Å². The first kappa shape index (κ1) is 18.5. The molecule has 0 spiro atoms. The maximum Gasteiger partial charge on any atom is 0.347 e. The number of benzene rings is 2. The van der Waals surface area contributed by atoms with Crippen LogP contribution in [0.2, 0.25) is 0 Å². The largest absolute Gasteiger partial charge is 0.479 e. The number of nitriles is 1. The minimum Gasteiger partial charge on any atom is -0.479 e. The van der Waals surface area contributed by atoms with Crippen LogP contribution in [0.3, 0.4) is 0 Å². The molecule has 0 bridgehead atoms. The Balaban J connectivity index is 1.55. The van der Waals surface area contributed by atoms with Gasteiger partial charge in [0, 0.05) is 11.7 Å². The molecule has 2 atom stereocenters. The third-order valence-corrected chi connectivity index (χ3v) is 4.44. The van der Waals surface area contributed by atoms with Gasteiger partial charge >= 0.3 is 5.97 Å². The number of hydrogen-bond donors (Lipinski definition) is 0. The summed E-state index contributed by atoms with van der Waals surface area (Å²) in [5.41, 5.74) is 2.48. The van der Waals surface area contributed by atoms with Gasteiger partial charge in [0.25, 0.3) is 5.91 Å². The molecule has 0 fully saturated rings. The molecular formula is C21H20N2O4. The fourth-order valence-electron chi connectivity index (χ4n) is 3.13. The van der Waals surface area contributed by atoms with Gasteiger partial charge in [0.05, 0.1) is 11.6 Å². The van der Waals surface area contributed by atoms with Crippen LogP contribution in [0.25, 0.3) is 0 Å². The van der Waals surface area contributed by atoms with Crippen LogP contribution < -0.4 is 9.64 Å². The molecule has 3 rings (SSSR count). The van der Waals surface area contributed by atoms with Crippen LogP contribution in [-0.4, -0.2) is 30.6 Å². The molecule has 0 saturated carbocycles. The van der Waals surface area contributed by atoms with Crippen molar-refractivity contribution < 1.29 is 19.1 Å². The van der Waals surface area contributed by atoms with Crippen LogP contribution in [0.1, 0.15) is 25.0 Å². The molecule has 6 nitrogen and oxygen atoms in total. The lowest BCUT2D eigenvalue weighted by atomic mass is 10.1. The number of ether oxygens (including phenoxy) is 2. The van der Waals surface area contributed by atoms with Gasteiger partial charge in [-0.05, 0) is 56.2 Å². The minimum absolute atomic E-state index is 0.0286. The molecule has 0 radical (unpaired) electrons. The summed E-state index contributed by atoms with van der Waals surface area (Å²) >= 11 is 0. The normalized spacial score (nSPS) is 16.2. The standard InChI is InChI=1S/C21H20N2O4/c1-14-11-17-5-3-4-6-19(17)23(14)20(24)13-26-21(25)15(2)27-18-9-7-16(12-22)8-10-18/h3-10,14-15H,11,13H2,1-2H3/t14-,15-/m1/s1. The monoisotopic (exact) mass is 364 g/mol. The van der Waals surface area contributed by atoms with Crippen LogP contribution in [-0.2, 0) is 20.7 Å². The van der Waals surface area contributed by atoms with Gasteiger partial charge in [0.2, 0.25) is 0 Å². The Morgan fingerprint density at radius 3 is 2.63 bits per heavy atom. The van der Waals surface area contributed by atoms with E-state index < -0.39 is 12.1 Å². The number of hydrogen-bond acceptors (Lipinski definition) is 5. The molecule has 0 unspecified atom stereocenters. The van der Waals surface area contributed by atoms with E-state index in [0.717, 1.165) is 17.7 Å². The fourth-order valence-corrected chi connectivity index (χ4v) is 3.13. The first-order chi connectivity index (χ1) is 13.0. The molecule has 1 heterocycles. The van der Waals surface area contributed by atoms with Crippen LogP contribution >= 0.6 is 0 Å². The van der Waals surface area contributed by atoms with E-state index in [9.17, 15) is 9.59 Å². The Bertz CT molecular complexity index is 886. The van der Waals surface area contributed by atoms with E-state index >= 15 is 0 Å². The summed E-state index contributed by atoms with van der Waals surface area (Å²) in [7, 11) is 0. The van der Waals surface area contributed by atoms with Crippen LogP contribution in [0.4, 0.5) is 5.69 Å². The van der Waals surface area contributed by atoms with Gasteiger partial charge in [-0.1, -0.05) is 18.2 Å². The molecule has 6 heteroatoms. The van der Waals surface area contributed by atoms with Crippen LogP contribution in [0.5, 0.6) is 5.75 Å². The second-order valence-corrected chi connectivity index (χ2v) is 6.45. The Kier molecular flexibility index (Phi) is 5.41. The molecule has 1 aliphatic rings. The molecule has 0 N–H and O–H groups in total. The number of fused-ring (bicyclic) bond motifs is 1. The Morgan fingerprint density at radius 2 is 1.93 bits per heavy atom. The zero-order chi connectivity index (χ0) is 19.4. The Hall–Kier alpha value is -3.33. The third kappa shape index (κ3) is 4.09. The molecule has 1 amide bonds. The summed E-state index contributed by atoms with van der Waals surface area (Å²) < 4.78 is 10.7. The molecule has 138 valence electrons. The second kappa shape index (κ2) is 7.92. The predicted molar refractivity (Wildman–Crippen MR) is 99.3 cm³/mol. The first-order valence-corrected chi connectivity index (χ1v) is 8.73. The maximum atomic E-state index is 12.6. The first-order valence-electron chi connectivity index (χ1n) is 8.73. The number of nitrogens with zero attached hydrogens (tertiary/aromatic N) is 2. The average Bonchev–Trinajstić information content (AvgIpc) is 3.02. The highest BCUT2D eigenvalue weighted by Crippen LogP contribution is 2.31. The summed E-state index contributed by atoms with van der Waals surface area (Å²) in [6.07, 6.45) is -0.0809. The van der Waals surface area contributed by atoms with Crippen molar-refractivity contribution in [3.8, 4) is 11.8 Å². The highest BCUT2D eigenvalue weighted by molar-refractivity contribution is 5.97. The van der Waals surface area contributed by atoms with Gasteiger partial charge in [-0.25, -0.2) is 4.79 Å². The Morgan fingerprint density at radius 1 is 1.22 bits per heavy atom. The van der Waals surface area contributed by atoms with Gasteiger partial charge in [-0.15, -0.1) is 0 Å². The molecule has 2 aromatic rings. The van der Waals surface area contributed by atoms with Gasteiger partial charge in [0.15, 0.2) is 12.7 Å². The fraction of sp³-hybridized carbons (Fsp3) is 0.286. The SMILES string of the molecule is C[C@@H]1Cc2ccccc2N1C(=O)COC(=O)[C@@H](C)Oc1ccc(C#N)cc1. The molecule has 0 saturated heterocycles. The van der Waals surface area contributed by atoms with Crippen LogP contribution in [0, 0.1) is 11.3 Å². The number of carbonyl (C=O) groups is 2. The lowest BCUT2D eigenvalue weighted by Gasteiger charge is -2.23. The van der Waals surface area contributed by atoms with E-state index in [-0.39, 0.29) is 18.6 Å². The van der Waals surface area contributed by atoms with Crippen molar-refractivity contribution in [3.63, 3.8) is 0 Å². The molecule has 1 aliphatic heterocycles. The topological polar surface area (TPSA) is 79.6 Å². The quantitative estimate of drug-likeness (QED) is 0.762. The van der Waals surface area contributed by atoms with Crippen molar-refractivity contribution in [2.24, 2.45) is 0 Å². The molecule has 27 heavy (non-hydrogen) atoms. The molecular weight excluding hydrogens is 344 g/mol. The highest BCUT2D eigenvalue weighted by Gasteiger charge is 2.31. The van der Waals surface area contributed by atoms with E-state index in [4.69, 9.17) is 14.7 Å². The summed E-state index contributed by atoms with van der Waals surface area (Å²) in [6, 6.07) is 16.2. The van der Waals surface area contributed by atoms with Crippen LogP contribution in [0.15, 0.2) is 48.5 Å². The van der Waals surface area contributed by atoms with E-state index in [2.05, 4.69) is 0 Å². The third-order valence-electron chi connectivity index (χ3n) is 4.44. The van der Waals surface area contributed by atoms with E-state index in [1.54, 1.807) is 36.1 Å². The average molecular weight is 364 g/mol. The summed E-state index contributed by atoms with van der Waals surface area (Å²) in [4.78, 5) is 26.4. The number of para-hydroxylation sites is 1. The van der Waals surface area contributed by atoms with E-state index in [0.29, 0.717) is 11.3 Å². The van der Waals surface area contributed by atoms with Gasteiger partial charge in [-0.3, -0.25) is 4.79 Å². The zero-order valence-electron chi connectivity index (χ0n) is 15.2. The van der Waals surface area contributed by atoms with Crippen molar-refractivity contribution in [1.29, 1.82) is 5.26 Å². The predicted octanol–water partition coefficient (Wildman–Crippen LogP) is 2.85. The zero-order valence-corrected chi connectivity index (χ0v) is 15.2. The van der Waals surface area contributed by atoms with Gasteiger partial charge in [0.1, 0.15) is 5.75 Å². The van der Waals surface area contributed by atoms with Gasteiger partial charge in [-0.2, -0.15) is 5.26 Å². The van der Waals surface area contributed by atoms with E-state index in [1.165, 1.54) is 0 Å². The molecule has 0 aromatic heterocycles. The molecule has 2 aromatic carbocycles.